The van der Waals surface area contributed by atoms with E-state index in [4.69, 9.17) is 0 Å². The van der Waals surface area contributed by atoms with E-state index in [1.54, 1.807) is 27.8 Å². The summed E-state index contributed by atoms with van der Waals surface area (Å²) in [5.41, 5.74) is 14.6. The second kappa shape index (κ2) is 12.2. The van der Waals surface area contributed by atoms with Gasteiger partial charge in [0.25, 0.3) is 0 Å². The fraction of sp³-hybridized carbons (Fsp3) is 0.600. The predicted molar refractivity (Wildman–Crippen MR) is 175 cm³/mol. The molecule has 0 bridgehead atoms. The van der Waals surface area contributed by atoms with Crippen molar-refractivity contribution < 1.29 is 51.0 Å². The summed E-state index contributed by atoms with van der Waals surface area (Å²) >= 11 is 0. The third kappa shape index (κ3) is 6.24. The molecule has 0 saturated heterocycles. The van der Waals surface area contributed by atoms with Crippen LogP contribution in [0.3, 0.4) is 0 Å². The van der Waals surface area contributed by atoms with Crippen LogP contribution in [0.4, 0.5) is 0 Å². The van der Waals surface area contributed by atoms with Crippen molar-refractivity contribution in [3.63, 3.8) is 0 Å². The predicted octanol–water partition coefficient (Wildman–Crippen LogP) is 5.78. The number of hydrogen-bond donors (Lipinski definition) is 0. The normalized spacial score (nSPS) is 21.9. The Balaban J connectivity index is 0.00000215. The van der Waals surface area contributed by atoms with Crippen molar-refractivity contribution in [2.45, 2.75) is 127 Å². The summed E-state index contributed by atoms with van der Waals surface area (Å²) in [5.74, 6) is 1.63. The molecule has 5 rings (SSSR count). The molecule has 3 heteroatoms. The zero-order chi connectivity index (χ0) is 29.8. The van der Waals surface area contributed by atoms with Gasteiger partial charge in [0.15, 0.2) is 0 Å². The van der Waals surface area contributed by atoms with Crippen molar-refractivity contribution in [2.24, 2.45) is 28.1 Å². The van der Waals surface area contributed by atoms with Crippen LogP contribution in [-0.2, 0) is 37.0 Å². The molecule has 0 fully saturated rings. The van der Waals surface area contributed by atoms with Gasteiger partial charge in [0, 0.05) is 11.3 Å². The van der Waals surface area contributed by atoms with Gasteiger partial charge in [-0.3, -0.25) is 0 Å². The number of benzene rings is 2. The van der Waals surface area contributed by atoms with E-state index in [1.165, 1.54) is 28.7 Å². The fourth-order valence-corrected chi connectivity index (χ4v) is 8.21. The van der Waals surface area contributed by atoms with Crippen molar-refractivity contribution >= 4 is 0 Å². The first-order chi connectivity index (χ1) is 18.2. The Morgan fingerprint density at radius 2 is 1.12 bits per heavy atom. The standard InChI is InChI=1S/C40H56.2ClH.Zr/c1-24(2)33-23-40(39(12,13)14,34-22-27(21-30(33)34)38(9,10)11)35-31-19-25(36(3,4)5)15-17-28(31)29-18-16-26(20-32(29)35)37(6,7)8;;;/h15-20,22,24,33,35H,21,23H2,1-14H3;2*1H;/q;;;+2/p-2. The van der Waals surface area contributed by atoms with Gasteiger partial charge < -0.3 is 24.8 Å². The number of hydrogen-bond acceptors (Lipinski definition) is 0. The van der Waals surface area contributed by atoms with Crippen LogP contribution >= 0.6 is 0 Å². The van der Waals surface area contributed by atoms with E-state index in [2.05, 4.69) is 139 Å². The molecule has 0 N–H and O–H groups in total. The number of halogens is 2. The smallest absolute Gasteiger partial charge is 1.00 e. The summed E-state index contributed by atoms with van der Waals surface area (Å²) in [7, 11) is 0. The minimum Gasteiger partial charge on any atom is -1.00 e. The van der Waals surface area contributed by atoms with Crippen LogP contribution in [0.5, 0.6) is 0 Å². The van der Waals surface area contributed by atoms with E-state index in [-0.39, 0.29) is 78.1 Å². The summed E-state index contributed by atoms with van der Waals surface area (Å²) in [5, 5.41) is 0. The summed E-state index contributed by atoms with van der Waals surface area (Å²) < 4.78 is 0. The molecule has 2 aromatic rings. The van der Waals surface area contributed by atoms with Crippen LogP contribution in [0.15, 0.2) is 59.2 Å². The maximum Gasteiger partial charge on any atom is 2.00 e. The Morgan fingerprint density at radius 3 is 1.47 bits per heavy atom. The van der Waals surface area contributed by atoms with Gasteiger partial charge in [-0.25, -0.2) is 0 Å². The summed E-state index contributed by atoms with van der Waals surface area (Å²) in [6.07, 6.45) is 5.10. The Labute approximate surface area is 296 Å². The van der Waals surface area contributed by atoms with E-state index in [1.807, 2.05) is 0 Å². The summed E-state index contributed by atoms with van der Waals surface area (Å²) in [6.45, 7) is 34.0. The van der Waals surface area contributed by atoms with Crippen LogP contribution < -0.4 is 24.8 Å². The molecular formula is C40H56Cl2Zr. The second-order valence-corrected chi connectivity index (χ2v) is 17.8. The molecule has 3 aliphatic carbocycles. The average Bonchev–Trinajstić information content (AvgIpc) is 3.45. The van der Waals surface area contributed by atoms with Crippen LogP contribution in [0.25, 0.3) is 11.1 Å². The summed E-state index contributed by atoms with van der Waals surface area (Å²) in [6, 6.07) is 14.9. The van der Waals surface area contributed by atoms with Gasteiger partial charge in [-0.1, -0.05) is 151 Å². The first kappa shape index (κ1) is 38.6. The van der Waals surface area contributed by atoms with Crippen LogP contribution in [-0.4, -0.2) is 0 Å². The summed E-state index contributed by atoms with van der Waals surface area (Å²) in [4.78, 5) is 0. The molecule has 0 nitrogen and oxygen atoms in total. The molecule has 2 unspecified atom stereocenters. The Morgan fingerprint density at radius 1 is 0.674 bits per heavy atom. The maximum absolute atomic E-state index is 2.70. The van der Waals surface area contributed by atoms with Crippen molar-refractivity contribution in [2.75, 3.05) is 0 Å². The molecule has 0 radical (unpaired) electrons. The fourth-order valence-electron chi connectivity index (χ4n) is 8.21. The van der Waals surface area contributed by atoms with Crippen molar-refractivity contribution in [3.05, 3.63) is 81.4 Å². The Hall–Kier alpha value is -0.617. The largest absolute Gasteiger partial charge is 2.00 e. The van der Waals surface area contributed by atoms with E-state index in [0.29, 0.717) is 17.8 Å². The molecule has 0 spiro atoms. The molecule has 234 valence electrons. The average molecular weight is 699 g/mol. The van der Waals surface area contributed by atoms with Crippen LogP contribution in [0, 0.1) is 28.1 Å². The van der Waals surface area contributed by atoms with Crippen molar-refractivity contribution in [3.8, 4) is 11.1 Å². The van der Waals surface area contributed by atoms with Crippen molar-refractivity contribution in [1.82, 2.24) is 0 Å². The third-order valence-electron chi connectivity index (χ3n) is 10.9. The van der Waals surface area contributed by atoms with Gasteiger partial charge in [0.05, 0.1) is 0 Å². The minimum atomic E-state index is 0. The molecule has 2 atom stereocenters. The Kier molecular flexibility index (Phi) is 10.9. The van der Waals surface area contributed by atoms with E-state index >= 15 is 0 Å². The molecule has 0 saturated carbocycles. The monoisotopic (exact) mass is 696 g/mol. The van der Waals surface area contributed by atoms with Gasteiger partial charge in [-0.05, 0) is 85.3 Å². The van der Waals surface area contributed by atoms with Crippen molar-refractivity contribution in [1.29, 1.82) is 0 Å². The van der Waals surface area contributed by atoms with Gasteiger partial charge in [0.2, 0.25) is 0 Å². The molecule has 2 aromatic carbocycles. The quantitative estimate of drug-likeness (QED) is 0.374. The van der Waals surface area contributed by atoms with E-state index in [0.717, 1.165) is 6.42 Å². The molecule has 0 amide bonds. The molecule has 43 heavy (non-hydrogen) atoms. The number of fused-ring (bicyclic) bond motifs is 3. The zero-order valence-corrected chi connectivity index (χ0v) is 33.4. The molecule has 0 aromatic heterocycles. The molecule has 3 aliphatic rings. The maximum atomic E-state index is 2.70. The van der Waals surface area contributed by atoms with Gasteiger partial charge in [-0.15, -0.1) is 0 Å². The molecular weight excluding hydrogens is 643 g/mol. The Bertz CT molecular complexity index is 1350. The second-order valence-electron chi connectivity index (χ2n) is 17.8. The van der Waals surface area contributed by atoms with Crippen LogP contribution in [0.1, 0.15) is 138 Å². The zero-order valence-electron chi connectivity index (χ0n) is 29.4. The van der Waals surface area contributed by atoms with E-state index < -0.39 is 0 Å². The molecule has 0 heterocycles. The first-order valence-corrected chi connectivity index (χ1v) is 15.9. The minimum absolute atomic E-state index is 0. The SMILES string of the molecule is CC(C)C1CC(C2c3cc(C(C)(C)C)ccc3-c3ccc(C(C)(C)C)cc32)(C(C)(C)C)C2=C1CC(C(C)(C)C)=C2.[Cl-].[Cl-].[Zr+2]. The number of rotatable bonds is 2. The van der Waals surface area contributed by atoms with E-state index in [9.17, 15) is 0 Å². The van der Waals surface area contributed by atoms with Crippen LogP contribution in [0.2, 0.25) is 0 Å². The van der Waals surface area contributed by atoms with Gasteiger partial charge >= 0.3 is 26.2 Å². The van der Waals surface area contributed by atoms with Gasteiger partial charge in [-0.2, -0.15) is 0 Å². The third-order valence-corrected chi connectivity index (χ3v) is 10.9. The first-order valence-electron chi connectivity index (χ1n) is 15.9. The molecule has 0 aliphatic heterocycles. The topological polar surface area (TPSA) is 0 Å². The number of allylic oxidation sites excluding steroid dienone is 4. The van der Waals surface area contributed by atoms with Gasteiger partial charge in [0.1, 0.15) is 0 Å².